The predicted molar refractivity (Wildman–Crippen MR) is 74.9 cm³/mol. The summed E-state index contributed by atoms with van der Waals surface area (Å²) < 4.78 is 5.13. The molecule has 0 bridgehead atoms. The van der Waals surface area contributed by atoms with Crippen LogP contribution in [0.5, 0.6) is 5.88 Å². The Balaban J connectivity index is 2.01. The fourth-order valence-electron chi connectivity index (χ4n) is 2.77. The molecule has 0 amide bonds. The summed E-state index contributed by atoms with van der Waals surface area (Å²) in [4.78, 5) is 4.36. The van der Waals surface area contributed by atoms with E-state index in [1.54, 1.807) is 7.11 Å². The van der Waals surface area contributed by atoms with Crippen LogP contribution in [-0.4, -0.2) is 18.6 Å². The maximum absolute atomic E-state index is 5.76. The van der Waals surface area contributed by atoms with Crippen LogP contribution in [0.15, 0.2) is 12.1 Å². The second kappa shape index (κ2) is 5.46. The summed E-state index contributed by atoms with van der Waals surface area (Å²) in [7, 11) is 1.59. The fraction of sp³-hybridized carbons (Fsp3) is 0.643. The zero-order chi connectivity index (χ0) is 13.0. The molecule has 1 aliphatic carbocycles. The van der Waals surface area contributed by atoms with Gasteiger partial charge in [-0.3, -0.25) is 0 Å². The number of nitrogens with two attached hydrogens (primary N) is 1. The van der Waals surface area contributed by atoms with Crippen LogP contribution in [-0.2, 0) is 0 Å². The number of hydrogen-bond acceptors (Lipinski definition) is 4. The van der Waals surface area contributed by atoms with Gasteiger partial charge < -0.3 is 15.8 Å². The molecule has 0 spiro atoms. The second-order valence-corrected chi connectivity index (χ2v) is 5.21. The predicted octanol–water partition coefficient (Wildman–Crippen LogP) is 3.05. The number of nitrogens with zero attached hydrogens (tertiary/aromatic N) is 1. The molecule has 1 saturated carbocycles. The van der Waals surface area contributed by atoms with Crippen LogP contribution in [0.2, 0.25) is 0 Å². The molecule has 1 aromatic rings. The van der Waals surface area contributed by atoms with Gasteiger partial charge in [-0.2, -0.15) is 4.98 Å². The normalized spacial score (nSPS) is 17.7. The second-order valence-electron chi connectivity index (χ2n) is 5.21. The molecule has 4 heteroatoms. The number of ether oxygens (including phenoxy) is 1. The van der Waals surface area contributed by atoms with Gasteiger partial charge in [0.15, 0.2) is 0 Å². The largest absolute Gasteiger partial charge is 0.479 e. The van der Waals surface area contributed by atoms with Crippen LogP contribution in [0.1, 0.15) is 39.0 Å². The van der Waals surface area contributed by atoms with E-state index in [2.05, 4.69) is 17.2 Å². The summed E-state index contributed by atoms with van der Waals surface area (Å²) >= 11 is 0. The Morgan fingerprint density at radius 1 is 1.39 bits per heavy atom. The molecule has 0 saturated heterocycles. The molecule has 3 N–H and O–H groups in total. The van der Waals surface area contributed by atoms with E-state index in [0.717, 1.165) is 12.4 Å². The van der Waals surface area contributed by atoms with Crippen LogP contribution >= 0.6 is 0 Å². The fourth-order valence-corrected chi connectivity index (χ4v) is 2.77. The highest BCUT2D eigenvalue weighted by Gasteiger charge is 2.31. The average Bonchev–Trinajstić information content (AvgIpc) is 2.87. The smallest absolute Gasteiger partial charge is 0.238 e. The van der Waals surface area contributed by atoms with E-state index in [4.69, 9.17) is 10.5 Å². The molecule has 0 aromatic carbocycles. The van der Waals surface area contributed by atoms with Crippen LogP contribution in [0, 0.1) is 5.41 Å². The zero-order valence-corrected chi connectivity index (χ0v) is 11.3. The van der Waals surface area contributed by atoms with Crippen molar-refractivity contribution < 1.29 is 4.74 Å². The van der Waals surface area contributed by atoms with Crippen LogP contribution in [0.3, 0.4) is 0 Å². The highest BCUT2D eigenvalue weighted by Crippen LogP contribution is 2.40. The minimum absolute atomic E-state index is 0.455. The Hall–Kier alpha value is -1.45. The average molecular weight is 249 g/mol. The standard InChI is InChI=1S/C14H23N3O/c1-3-14(8-4-5-9-14)10-16-12-7-6-11(15)13(17-12)18-2/h6-7H,3-5,8-10,15H2,1-2H3,(H,16,17). The van der Waals surface area contributed by atoms with Gasteiger partial charge in [-0.15, -0.1) is 0 Å². The third-order valence-corrected chi connectivity index (χ3v) is 4.14. The number of hydrogen-bond donors (Lipinski definition) is 2. The summed E-state index contributed by atoms with van der Waals surface area (Å²) in [5.41, 5.74) is 6.79. The molecule has 1 fully saturated rings. The van der Waals surface area contributed by atoms with E-state index >= 15 is 0 Å². The molecular weight excluding hydrogens is 226 g/mol. The topological polar surface area (TPSA) is 60.2 Å². The van der Waals surface area contributed by atoms with Crippen LogP contribution in [0.4, 0.5) is 11.5 Å². The molecule has 0 atom stereocenters. The number of anilines is 2. The monoisotopic (exact) mass is 249 g/mol. The van der Waals surface area contributed by atoms with Gasteiger partial charge in [-0.1, -0.05) is 19.8 Å². The molecule has 1 heterocycles. The number of methoxy groups -OCH3 is 1. The van der Waals surface area contributed by atoms with Crippen LogP contribution < -0.4 is 15.8 Å². The lowest BCUT2D eigenvalue weighted by molar-refractivity contribution is 0.306. The van der Waals surface area contributed by atoms with Gasteiger partial charge in [0, 0.05) is 6.54 Å². The lowest BCUT2D eigenvalue weighted by Crippen LogP contribution is -2.26. The molecule has 100 valence electrons. The third kappa shape index (κ3) is 2.68. The zero-order valence-electron chi connectivity index (χ0n) is 11.3. The van der Waals surface area contributed by atoms with Gasteiger partial charge in [0.25, 0.3) is 0 Å². The van der Waals surface area contributed by atoms with Crippen molar-refractivity contribution in [3.8, 4) is 5.88 Å². The maximum atomic E-state index is 5.76. The molecule has 2 rings (SSSR count). The maximum Gasteiger partial charge on any atom is 0.238 e. The van der Waals surface area contributed by atoms with Crippen molar-refractivity contribution >= 4 is 11.5 Å². The Morgan fingerprint density at radius 2 is 2.11 bits per heavy atom. The highest BCUT2D eigenvalue weighted by atomic mass is 16.5. The number of aromatic nitrogens is 1. The molecule has 4 nitrogen and oxygen atoms in total. The minimum Gasteiger partial charge on any atom is -0.479 e. The lowest BCUT2D eigenvalue weighted by atomic mass is 9.83. The van der Waals surface area contributed by atoms with Gasteiger partial charge in [-0.25, -0.2) is 0 Å². The molecule has 0 unspecified atom stereocenters. The first-order valence-corrected chi connectivity index (χ1v) is 6.73. The quantitative estimate of drug-likeness (QED) is 0.842. The van der Waals surface area contributed by atoms with Gasteiger partial charge in [0.1, 0.15) is 5.82 Å². The van der Waals surface area contributed by atoms with E-state index in [1.165, 1.54) is 32.1 Å². The molecular formula is C14H23N3O. The minimum atomic E-state index is 0.455. The van der Waals surface area contributed by atoms with Crippen molar-refractivity contribution in [2.75, 3.05) is 24.7 Å². The van der Waals surface area contributed by atoms with Crippen LogP contribution in [0.25, 0.3) is 0 Å². The van der Waals surface area contributed by atoms with E-state index < -0.39 is 0 Å². The number of nitrogen functional groups attached to an aromatic ring is 1. The van der Waals surface area contributed by atoms with Gasteiger partial charge in [-0.05, 0) is 36.8 Å². The third-order valence-electron chi connectivity index (χ3n) is 4.14. The first kappa shape index (κ1) is 13.0. The Bertz CT molecular complexity index is 400. The first-order chi connectivity index (χ1) is 8.69. The summed E-state index contributed by atoms with van der Waals surface area (Å²) in [5, 5.41) is 3.43. The van der Waals surface area contributed by atoms with E-state index in [1.807, 2.05) is 12.1 Å². The van der Waals surface area contributed by atoms with Crippen molar-refractivity contribution in [3.05, 3.63) is 12.1 Å². The summed E-state index contributed by atoms with van der Waals surface area (Å²) in [6, 6.07) is 3.75. The van der Waals surface area contributed by atoms with E-state index in [9.17, 15) is 0 Å². The highest BCUT2D eigenvalue weighted by molar-refractivity contribution is 5.53. The summed E-state index contributed by atoms with van der Waals surface area (Å²) in [5.74, 6) is 1.35. The summed E-state index contributed by atoms with van der Waals surface area (Å²) in [6.07, 6.45) is 6.58. The molecule has 0 aliphatic heterocycles. The first-order valence-electron chi connectivity index (χ1n) is 6.73. The molecule has 18 heavy (non-hydrogen) atoms. The van der Waals surface area contributed by atoms with Crippen molar-refractivity contribution in [2.45, 2.75) is 39.0 Å². The Kier molecular flexibility index (Phi) is 3.94. The van der Waals surface area contributed by atoms with Gasteiger partial charge in [0.2, 0.25) is 5.88 Å². The number of pyridine rings is 1. The van der Waals surface area contributed by atoms with Gasteiger partial charge >= 0.3 is 0 Å². The molecule has 1 aliphatic rings. The number of rotatable bonds is 5. The van der Waals surface area contributed by atoms with Crippen molar-refractivity contribution in [3.63, 3.8) is 0 Å². The Morgan fingerprint density at radius 3 is 2.72 bits per heavy atom. The van der Waals surface area contributed by atoms with Crippen molar-refractivity contribution in [1.29, 1.82) is 0 Å². The molecule has 1 aromatic heterocycles. The van der Waals surface area contributed by atoms with Gasteiger partial charge in [0.05, 0.1) is 12.8 Å². The summed E-state index contributed by atoms with van der Waals surface area (Å²) in [6.45, 7) is 3.27. The molecule has 0 radical (unpaired) electrons. The van der Waals surface area contributed by atoms with E-state index in [-0.39, 0.29) is 0 Å². The Labute approximate surface area is 109 Å². The van der Waals surface area contributed by atoms with Crippen molar-refractivity contribution in [2.24, 2.45) is 5.41 Å². The van der Waals surface area contributed by atoms with Crippen molar-refractivity contribution in [1.82, 2.24) is 4.98 Å². The SMILES string of the molecule is CCC1(CNc2ccc(N)c(OC)n2)CCCC1. The lowest BCUT2D eigenvalue weighted by Gasteiger charge is -2.28. The number of nitrogens with one attached hydrogen (secondary N) is 1. The van der Waals surface area contributed by atoms with E-state index in [0.29, 0.717) is 17.0 Å².